The molecule has 2 heterocycles. The van der Waals surface area contributed by atoms with Crippen molar-refractivity contribution in [3.63, 3.8) is 0 Å². The fraction of sp³-hybridized carbons (Fsp3) is 0.524. The molecule has 28 heavy (non-hydrogen) atoms. The van der Waals surface area contributed by atoms with Crippen LogP contribution in [-0.4, -0.2) is 48.1 Å². The second-order valence-electron chi connectivity index (χ2n) is 8.16. The molecule has 2 fully saturated rings. The first-order valence-corrected chi connectivity index (χ1v) is 9.88. The van der Waals surface area contributed by atoms with Crippen molar-refractivity contribution in [2.75, 3.05) is 20.2 Å². The van der Waals surface area contributed by atoms with Gasteiger partial charge in [0.15, 0.2) is 5.96 Å². The van der Waals surface area contributed by atoms with E-state index in [9.17, 15) is 4.39 Å². The molecule has 2 N–H and O–H groups in total. The van der Waals surface area contributed by atoms with E-state index in [-0.39, 0.29) is 11.2 Å². The first-order valence-electron chi connectivity index (χ1n) is 9.88. The molecule has 3 atom stereocenters. The number of halogens is 1. The minimum atomic E-state index is -0.246. The largest absolute Gasteiger partial charge is 0.377 e. The molecule has 0 amide bonds. The monoisotopic (exact) mass is 385 g/mol. The Kier molecular flexibility index (Phi) is 5.10. The van der Waals surface area contributed by atoms with Crippen LogP contribution in [0, 0.1) is 17.2 Å². The second kappa shape index (κ2) is 7.54. The quantitative estimate of drug-likeness (QED) is 0.613. The summed E-state index contributed by atoms with van der Waals surface area (Å²) in [6.07, 6.45) is 4.15. The molecule has 1 saturated carbocycles. The normalized spacial score (nSPS) is 25.9. The van der Waals surface area contributed by atoms with E-state index in [0.717, 1.165) is 43.3 Å². The standard InChI is InChI=1S/C21H28FN5O/c1-21(2)18(17-10-13-28-19(17)21)25-20(23-3)24-11-8-15-9-12-27(26-15)16-6-4-14(22)5-7-16/h4-7,9,12,17-19H,8,10-11,13H2,1-3H3,(H2,23,24,25). The van der Waals surface area contributed by atoms with Gasteiger partial charge in [0, 0.05) is 50.2 Å². The zero-order chi connectivity index (χ0) is 19.7. The van der Waals surface area contributed by atoms with Crippen LogP contribution in [0.15, 0.2) is 41.5 Å². The van der Waals surface area contributed by atoms with Gasteiger partial charge in [-0.15, -0.1) is 0 Å². The fourth-order valence-corrected chi connectivity index (χ4v) is 4.50. The number of guanidine groups is 1. The van der Waals surface area contributed by atoms with Gasteiger partial charge in [-0.2, -0.15) is 5.10 Å². The summed E-state index contributed by atoms with van der Waals surface area (Å²) >= 11 is 0. The molecule has 1 saturated heterocycles. The number of hydrogen-bond acceptors (Lipinski definition) is 3. The summed E-state index contributed by atoms with van der Waals surface area (Å²) < 4.78 is 20.7. The van der Waals surface area contributed by atoms with Crippen LogP contribution in [0.2, 0.25) is 0 Å². The number of aliphatic imine (C=N–C) groups is 1. The van der Waals surface area contributed by atoms with Crippen LogP contribution in [0.5, 0.6) is 0 Å². The van der Waals surface area contributed by atoms with E-state index in [0.29, 0.717) is 18.1 Å². The van der Waals surface area contributed by atoms with Crippen LogP contribution in [-0.2, 0) is 11.2 Å². The van der Waals surface area contributed by atoms with Crippen LogP contribution in [0.1, 0.15) is 26.0 Å². The first-order chi connectivity index (χ1) is 13.5. The topological polar surface area (TPSA) is 63.5 Å². The lowest BCUT2D eigenvalue weighted by Gasteiger charge is -2.54. The number of ether oxygens (including phenoxy) is 1. The highest BCUT2D eigenvalue weighted by atomic mass is 19.1. The summed E-state index contributed by atoms with van der Waals surface area (Å²) in [6, 6.07) is 8.68. The van der Waals surface area contributed by atoms with Crippen LogP contribution < -0.4 is 10.6 Å². The lowest BCUT2D eigenvalue weighted by molar-refractivity contribution is -0.106. The van der Waals surface area contributed by atoms with Crippen molar-refractivity contribution in [1.82, 2.24) is 20.4 Å². The van der Waals surface area contributed by atoms with Crippen molar-refractivity contribution in [2.45, 2.75) is 38.8 Å². The maximum atomic E-state index is 13.1. The van der Waals surface area contributed by atoms with E-state index in [1.165, 1.54) is 12.1 Å². The molecule has 2 aliphatic rings. The molecule has 1 aliphatic heterocycles. The lowest BCUT2D eigenvalue weighted by Crippen LogP contribution is -2.68. The summed E-state index contributed by atoms with van der Waals surface area (Å²) in [4.78, 5) is 4.37. The third kappa shape index (κ3) is 3.51. The Balaban J connectivity index is 1.29. The van der Waals surface area contributed by atoms with Crippen LogP contribution in [0.3, 0.4) is 0 Å². The molecule has 2 aromatic rings. The third-order valence-electron chi connectivity index (χ3n) is 6.03. The number of rotatable bonds is 5. The Morgan fingerprint density at radius 3 is 2.86 bits per heavy atom. The van der Waals surface area contributed by atoms with Crippen molar-refractivity contribution < 1.29 is 9.13 Å². The van der Waals surface area contributed by atoms with Gasteiger partial charge in [0.2, 0.25) is 0 Å². The van der Waals surface area contributed by atoms with Gasteiger partial charge in [-0.05, 0) is 36.8 Å². The number of benzene rings is 1. The third-order valence-corrected chi connectivity index (χ3v) is 6.03. The molecule has 6 nitrogen and oxygen atoms in total. The van der Waals surface area contributed by atoms with E-state index in [2.05, 4.69) is 34.6 Å². The molecule has 7 heteroatoms. The Morgan fingerprint density at radius 2 is 2.11 bits per heavy atom. The smallest absolute Gasteiger partial charge is 0.191 e. The maximum absolute atomic E-state index is 13.1. The van der Waals surface area contributed by atoms with E-state index in [4.69, 9.17) is 4.74 Å². The van der Waals surface area contributed by atoms with E-state index >= 15 is 0 Å². The molecule has 1 aliphatic carbocycles. The Labute approximate surface area is 165 Å². The lowest BCUT2D eigenvalue weighted by atomic mass is 9.57. The highest BCUT2D eigenvalue weighted by Gasteiger charge is 2.59. The number of nitrogens with one attached hydrogen (secondary N) is 2. The van der Waals surface area contributed by atoms with Gasteiger partial charge in [0.25, 0.3) is 0 Å². The fourth-order valence-electron chi connectivity index (χ4n) is 4.50. The molecule has 150 valence electrons. The minimum Gasteiger partial charge on any atom is -0.377 e. The number of aromatic nitrogens is 2. The zero-order valence-electron chi connectivity index (χ0n) is 16.7. The number of fused-ring (bicyclic) bond motifs is 1. The van der Waals surface area contributed by atoms with Crippen molar-refractivity contribution in [2.24, 2.45) is 16.3 Å². The van der Waals surface area contributed by atoms with E-state index in [1.54, 1.807) is 23.9 Å². The molecule has 1 aromatic heterocycles. The Hall–Kier alpha value is -2.41. The summed E-state index contributed by atoms with van der Waals surface area (Å²) in [5.41, 5.74) is 1.94. The van der Waals surface area contributed by atoms with E-state index < -0.39 is 0 Å². The van der Waals surface area contributed by atoms with Crippen molar-refractivity contribution in [3.05, 3.63) is 48.0 Å². The molecule has 4 rings (SSSR count). The van der Waals surface area contributed by atoms with Gasteiger partial charge >= 0.3 is 0 Å². The van der Waals surface area contributed by atoms with Gasteiger partial charge in [-0.3, -0.25) is 4.99 Å². The molecule has 0 spiro atoms. The molecule has 3 unspecified atom stereocenters. The molecular weight excluding hydrogens is 357 g/mol. The van der Waals surface area contributed by atoms with Crippen molar-refractivity contribution >= 4 is 5.96 Å². The molecular formula is C21H28FN5O. The SMILES string of the molecule is CN=C(NCCc1ccn(-c2ccc(F)cc2)n1)NC1C2CCOC2C1(C)C. The van der Waals surface area contributed by atoms with Gasteiger partial charge in [0.1, 0.15) is 5.82 Å². The Bertz CT molecular complexity index is 845. The number of nitrogens with zero attached hydrogens (tertiary/aromatic N) is 3. The van der Waals surface area contributed by atoms with Gasteiger partial charge < -0.3 is 15.4 Å². The maximum Gasteiger partial charge on any atom is 0.191 e. The Morgan fingerprint density at radius 1 is 1.32 bits per heavy atom. The summed E-state index contributed by atoms with van der Waals surface area (Å²) in [5, 5.41) is 11.5. The first kappa shape index (κ1) is 18.9. The highest BCUT2D eigenvalue weighted by molar-refractivity contribution is 5.80. The summed E-state index contributed by atoms with van der Waals surface area (Å²) in [5.74, 6) is 1.14. The van der Waals surface area contributed by atoms with Crippen LogP contribution >= 0.6 is 0 Å². The predicted molar refractivity (Wildman–Crippen MR) is 107 cm³/mol. The van der Waals surface area contributed by atoms with Crippen molar-refractivity contribution in [3.8, 4) is 5.69 Å². The highest BCUT2D eigenvalue weighted by Crippen LogP contribution is 2.52. The van der Waals surface area contributed by atoms with Gasteiger partial charge in [0.05, 0.1) is 17.5 Å². The summed E-state index contributed by atoms with van der Waals surface area (Å²) in [6.45, 7) is 6.11. The molecule has 0 bridgehead atoms. The average Bonchev–Trinajstić information content (AvgIpc) is 3.33. The summed E-state index contributed by atoms with van der Waals surface area (Å²) in [7, 11) is 1.80. The van der Waals surface area contributed by atoms with E-state index in [1.807, 2.05) is 12.3 Å². The average molecular weight is 385 g/mol. The number of hydrogen-bond donors (Lipinski definition) is 2. The predicted octanol–water partition coefficient (Wildman–Crippen LogP) is 2.53. The van der Waals surface area contributed by atoms with Crippen molar-refractivity contribution in [1.29, 1.82) is 0 Å². The molecule has 0 radical (unpaired) electrons. The molecule has 1 aromatic carbocycles. The van der Waals surface area contributed by atoms with Crippen LogP contribution in [0.4, 0.5) is 4.39 Å². The van der Waals surface area contributed by atoms with Crippen LogP contribution in [0.25, 0.3) is 5.69 Å². The second-order valence-corrected chi connectivity index (χ2v) is 8.16. The zero-order valence-corrected chi connectivity index (χ0v) is 16.7. The van der Waals surface area contributed by atoms with Gasteiger partial charge in [-0.1, -0.05) is 13.8 Å². The minimum absolute atomic E-state index is 0.118. The van der Waals surface area contributed by atoms with Gasteiger partial charge in [-0.25, -0.2) is 9.07 Å².